The maximum Gasteiger partial charge on any atom is 0.350 e. The number of aryl methyl sites for hydroxylation is 1. The van der Waals surface area contributed by atoms with Crippen LogP contribution in [0.5, 0.6) is 5.75 Å². The molecule has 10 heteroatoms. The molecule has 8 nitrogen and oxygen atoms in total. The molecule has 0 spiro atoms. The molecule has 0 bridgehead atoms. The van der Waals surface area contributed by atoms with Crippen LogP contribution in [0.25, 0.3) is 0 Å². The average molecular weight is 527 g/mol. The standard InChI is InChI=1S/C26H26N2O6S2/c1-4-6-12-34-17-10-7-9-16(14-17)20-19(21(29)18-11-8-13-35-18)22(30)24(31)28(20)26-27-15(3)23(36-26)25(32)33-5-2/h7-11,13-14,20,30H,4-6,12H2,1-3H3. The highest BCUT2D eigenvalue weighted by Crippen LogP contribution is 2.44. The van der Waals surface area contributed by atoms with E-state index in [9.17, 15) is 19.5 Å². The zero-order chi connectivity index (χ0) is 25.8. The Morgan fingerprint density at radius 2 is 2.00 bits per heavy atom. The summed E-state index contributed by atoms with van der Waals surface area (Å²) in [5.41, 5.74) is 0.930. The van der Waals surface area contributed by atoms with E-state index in [1.807, 2.05) is 0 Å². The molecule has 0 saturated carbocycles. The smallest absolute Gasteiger partial charge is 0.350 e. The fourth-order valence-electron chi connectivity index (χ4n) is 3.87. The van der Waals surface area contributed by atoms with Crippen LogP contribution < -0.4 is 9.64 Å². The lowest BCUT2D eigenvalue weighted by Crippen LogP contribution is -2.31. The van der Waals surface area contributed by atoms with Crippen LogP contribution in [0, 0.1) is 6.92 Å². The summed E-state index contributed by atoms with van der Waals surface area (Å²) in [6.45, 7) is 6.15. The summed E-state index contributed by atoms with van der Waals surface area (Å²) < 4.78 is 11.0. The minimum absolute atomic E-state index is 0.0429. The van der Waals surface area contributed by atoms with Gasteiger partial charge in [0.1, 0.15) is 10.6 Å². The quantitative estimate of drug-likeness (QED) is 0.207. The number of Topliss-reactive ketones (excluding diaryl/α,β-unsaturated/α-hetero) is 1. The molecule has 36 heavy (non-hydrogen) atoms. The molecular weight excluding hydrogens is 500 g/mol. The second-order valence-corrected chi connectivity index (χ2v) is 9.98. The van der Waals surface area contributed by atoms with Crippen molar-refractivity contribution < 1.29 is 29.0 Å². The number of hydrogen-bond donors (Lipinski definition) is 1. The minimum atomic E-state index is -0.956. The Hall–Kier alpha value is -3.50. The molecular formula is C26H26N2O6S2. The van der Waals surface area contributed by atoms with Gasteiger partial charge >= 0.3 is 5.97 Å². The predicted octanol–water partition coefficient (Wildman–Crippen LogP) is 5.65. The number of anilines is 1. The Bertz CT molecular complexity index is 1310. The third kappa shape index (κ3) is 4.91. The molecule has 2 aromatic heterocycles. The zero-order valence-corrected chi connectivity index (χ0v) is 21.8. The number of nitrogens with zero attached hydrogens (tertiary/aromatic N) is 2. The van der Waals surface area contributed by atoms with Crippen LogP contribution in [0.2, 0.25) is 0 Å². The monoisotopic (exact) mass is 526 g/mol. The first-order valence-electron chi connectivity index (χ1n) is 11.6. The summed E-state index contributed by atoms with van der Waals surface area (Å²) in [5.74, 6) is -1.80. The largest absolute Gasteiger partial charge is 0.503 e. The lowest BCUT2D eigenvalue weighted by atomic mass is 9.95. The molecule has 1 aliphatic rings. The number of benzene rings is 1. The molecule has 1 N–H and O–H groups in total. The van der Waals surface area contributed by atoms with E-state index in [1.54, 1.807) is 55.6 Å². The highest BCUT2D eigenvalue weighted by molar-refractivity contribution is 7.17. The van der Waals surface area contributed by atoms with Crippen LogP contribution in [0.4, 0.5) is 5.13 Å². The Labute approximate surface area is 216 Å². The van der Waals surface area contributed by atoms with Gasteiger partial charge in [-0.1, -0.05) is 42.9 Å². The Morgan fingerprint density at radius 3 is 2.69 bits per heavy atom. The van der Waals surface area contributed by atoms with Crippen molar-refractivity contribution in [3.05, 3.63) is 74.1 Å². The van der Waals surface area contributed by atoms with Gasteiger partial charge in [0, 0.05) is 0 Å². The van der Waals surface area contributed by atoms with Crippen LogP contribution in [0.3, 0.4) is 0 Å². The molecule has 1 aliphatic heterocycles. The highest BCUT2D eigenvalue weighted by atomic mass is 32.1. The van der Waals surface area contributed by atoms with Crippen LogP contribution >= 0.6 is 22.7 Å². The molecule has 0 fully saturated rings. The number of ether oxygens (including phenoxy) is 2. The number of carbonyl (C=O) groups is 3. The lowest BCUT2D eigenvalue weighted by Gasteiger charge is -2.24. The number of aliphatic hydroxyl groups is 1. The Balaban J connectivity index is 1.81. The summed E-state index contributed by atoms with van der Waals surface area (Å²) in [5, 5.41) is 12.9. The first kappa shape index (κ1) is 25.6. The Kier molecular flexibility index (Phi) is 7.85. The first-order chi connectivity index (χ1) is 17.4. The lowest BCUT2D eigenvalue weighted by molar-refractivity contribution is -0.117. The SMILES string of the molecule is CCCCOc1cccc(C2C(C(=O)c3cccs3)=C(O)C(=O)N2c2nc(C)c(C(=O)OCC)s2)c1. The normalized spacial score (nSPS) is 15.5. The van der Waals surface area contributed by atoms with Gasteiger partial charge in [-0.3, -0.25) is 14.5 Å². The summed E-state index contributed by atoms with van der Waals surface area (Å²) in [7, 11) is 0. The van der Waals surface area contributed by atoms with Gasteiger partial charge in [0.15, 0.2) is 10.9 Å². The summed E-state index contributed by atoms with van der Waals surface area (Å²) in [4.78, 5) is 45.6. The third-order valence-corrected chi connectivity index (χ3v) is 7.60. The molecule has 1 atom stereocenters. The van der Waals surface area contributed by atoms with Crippen molar-refractivity contribution in [2.45, 2.75) is 39.7 Å². The predicted molar refractivity (Wildman–Crippen MR) is 138 cm³/mol. The number of hydrogen-bond acceptors (Lipinski definition) is 9. The number of ketones is 1. The first-order valence-corrected chi connectivity index (χ1v) is 13.3. The summed E-state index contributed by atoms with van der Waals surface area (Å²) in [6, 6.07) is 9.53. The molecule has 4 rings (SSSR count). The molecule has 3 aromatic rings. The van der Waals surface area contributed by atoms with Crippen LogP contribution in [0.15, 0.2) is 53.1 Å². The van der Waals surface area contributed by atoms with Gasteiger partial charge in [0.2, 0.25) is 5.78 Å². The second kappa shape index (κ2) is 11.0. The van der Waals surface area contributed by atoms with Crippen molar-refractivity contribution in [1.29, 1.82) is 0 Å². The summed E-state index contributed by atoms with van der Waals surface area (Å²) >= 11 is 2.21. The number of thiophene rings is 1. The molecule has 188 valence electrons. The van der Waals surface area contributed by atoms with Crippen molar-refractivity contribution in [3.8, 4) is 5.75 Å². The number of rotatable bonds is 10. The minimum Gasteiger partial charge on any atom is -0.503 e. The molecule has 0 saturated heterocycles. The van der Waals surface area contributed by atoms with Gasteiger partial charge in [-0.25, -0.2) is 9.78 Å². The molecule has 1 amide bonds. The van der Waals surface area contributed by atoms with Gasteiger partial charge in [0.25, 0.3) is 5.91 Å². The number of carbonyl (C=O) groups excluding carboxylic acids is 3. The van der Waals surface area contributed by atoms with E-state index in [0.29, 0.717) is 28.5 Å². The Morgan fingerprint density at radius 1 is 1.19 bits per heavy atom. The van der Waals surface area contributed by atoms with Crippen LogP contribution in [0.1, 0.15) is 63.3 Å². The van der Waals surface area contributed by atoms with Gasteiger partial charge < -0.3 is 14.6 Å². The average Bonchev–Trinajstić information content (AvgIpc) is 3.59. The van der Waals surface area contributed by atoms with Crippen molar-refractivity contribution in [3.63, 3.8) is 0 Å². The molecule has 0 radical (unpaired) electrons. The van der Waals surface area contributed by atoms with Gasteiger partial charge in [-0.15, -0.1) is 11.3 Å². The number of unbranched alkanes of at least 4 members (excludes halogenated alkanes) is 1. The van der Waals surface area contributed by atoms with Gasteiger partial charge in [-0.2, -0.15) is 0 Å². The number of aromatic nitrogens is 1. The maximum absolute atomic E-state index is 13.5. The number of thiazole rings is 1. The van der Waals surface area contributed by atoms with E-state index in [2.05, 4.69) is 11.9 Å². The van der Waals surface area contributed by atoms with Crippen molar-refractivity contribution in [1.82, 2.24) is 4.98 Å². The van der Waals surface area contributed by atoms with Crippen molar-refractivity contribution in [2.75, 3.05) is 18.1 Å². The molecule has 0 aliphatic carbocycles. The third-order valence-electron chi connectivity index (χ3n) is 5.59. The van der Waals surface area contributed by atoms with Gasteiger partial charge in [0.05, 0.1) is 35.4 Å². The van der Waals surface area contributed by atoms with E-state index in [4.69, 9.17) is 9.47 Å². The fourth-order valence-corrected chi connectivity index (χ4v) is 5.54. The zero-order valence-electron chi connectivity index (χ0n) is 20.1. The van der Waals surface area contributed by atoms with Crippen molar-refractivity contribution in [2.24, 2.45) is 0 Å². The fraction of sp³-hybridized carbons (Fsp3) is 0.308. The summed E-state index contributed by atoms with van der Waals surface area (Å²) in [6.07, 6.45) is 1.86. The van der Waals surface area contributed by atoms with Crippen LogP contribution in [-0.4, -0.2) is 41.0 Å². The molecule has 3 heterocycles. The number of esters is 1. The van der Waals surface area contributed by atoms with E-state index in [1.165, 1.54) is 16.2 Å². The topological polar surface area (TPSA) is 106 Å². The van der Waals surface area contributed by atoms with E-state index < -0.39 is 29.5 Å². The van der Waals surface area contributed by atoms with E-state index in [0.717, 1.165) is 24.2 Å². The maximum atomic E-state index is 13.5. The van der Waals surface area contributed by atoms with E-state index >= 15 is 0 Å². The second-order valence-electron chi connectivity index (χ2n) is 8.05. The number of amides is 1. The van der Waals surface area contributed by atoms with E-state index in [-0.39, 0.29) is 22.2 Å². The van der Waals surface area contributed by atoms with Gasteiger partial charge in [-0.05, 0) is 49.4 Å². The number of aliphatic hydroxyl groups excluding tert-OH is 1. The van der Waals surface area contributed by atoms with Crippen LogP contribution in [-0.2, 0) is 9.53 Å². The van der Waals surface area contributed by atoms with Crippen molar-refractivity contribution >= 4 is 45.5 Å². The molecule has 1 unspecified atom stereocenters. The molecule has 1 aromatic carbocycles. The highest BCUT2D eigenvalue weighted by Gasteiger charge is 2.46.